The number of hydrogen-bond acceptors (Lipinski definition) is 12. The van der Waals surface area contributed by atoms with Crippen LogP contribution in [-0.4, -0.2) is 66.5 Å². The molecule has 6 N–H and O–H groups in total. The van der Waals surface area contributed by atoms with Crippen molar-refractivity contribution in [3.05, 3.63) is 64.1 Å². The topological polar surface area (TPSA) is 184 Å². The molecule has 1 saturated heterocycles. The van der Waals surface area contributed by atoms with Crippen molar-refractivity contribution in [2.45, 2.75) is 4.99 Å². The van der Waals surface area contributed by atoms with Crippen LogP contribution in [0.2, 0.25) is 0 Å². The Hall–Kier alpha value is -3.79. The van der Waals surface area contributed by atoms with Gasteiger partial charge >= 0.3 is 0 Å². The van der Waals surface area contributed by atoms with Gasteiger partial charge in [-0.15, -0.1) is 11.3 Å². The highest BCUT2D eigenvalue weighted by molar-refractivity contribution is 7.93. The maximum Gasteiger partial charge on any atom is 0.285 e. The van der Waals surface area contributed by atoms with E-state index < -0.39 is 20.9 Å². The van der Waals surface area contributed by atoms with Crippen LogP contribution in [0.5, 0.6) is 0 Å². The van der Waals surface area contributed by atoms with Crippen molar-refractivity contribution in [3.63, 3.8) is 0 Å². The van der Waals surface area contributed by atoms with E-state index in [1.807, 2.05) is 10.3 Å². The molecule has 1 fully saturated rings. The van der Waals surface area contributed by atoms with Crippen molar-refractivity contribution >= 4 is 50.4 Å². The second-order valence-corrected chi connectivity index (χ2v) is 10.6. The predicted octanol–water partition coefficient (Wildman–Crippen LogP) is 0.996. The molecule has 188 valence electrons. The number of ether oxygens (including phenoxy) is 1. The molecule has 0 saturated carbocycles. The van der Waals surface area contributed by atoms with Crippen LogP contribution in [0.4, 0.5) is 17.3 Å². The van der Waals surface area contributed by atoms with E-state index >= 15 is 0 Å². The van der Waals surface area contributed by atoms with Gasteiger partial charge in [0.25, 0.3) is 20.9 Å². The Kier molecular flexibility index (Phi) is 6.21. The molecule has 0 bridgehead atoms. The number of carbonyl (C=O) groups is 1. The molecule has 36 heavy (non-hydrogen) atoms. The molecule has 2 aliphatic heterocycles. The lowest BCUT2D eigenvalue weighted by atomic mass is 10.1. The second kappa shape index (κ2) is 9.34. The summed E-state index contributed by atoms with van der Waals surface area (Å²) in [5.74, 6) is -0.582. The van der Waals surface area contributed by atoms with E-state index in [0.717, 1.165) is 17.3 Å². The number of amidine groups is 1. The Morgan fingerprint density at radius 3 is 2.53 bits per heavy atom. The second-order valence-electron chi connectivity index (χ2n) is 7.93. The number of nitrogens with zero attached hydrogens (tertiary/aromatic N) is 4. The molecule has 2 aromatic heterocycles. The monoisotopic (exact) mass is 530 g/mol. The van der Waals surface area contributed by atoms with Crippen LogP contribution in [0.25, 0.3) is 0 Å². The van der Waals surface area contributed by atoms with Crippen molar-refractivity contribution in [2.75, 3.05) is 42.1 Å². The standard InChI is InChI=1S/C21H22N8O5S2/c22-15-3-1-14(2-4-15)21(36(32,33)28-20-23-11-13(12-24-20)19(30)27-31)25-16-5-10-35-17(16)18(26-21)29-6-8-34-9-7-29/h1-5,10-12,25,31H,6-9,22H2,(H,27,30)(H,23,24,28). The summed E-state index contributed by atoms with van der Waals surface area (Å²) >= 11 is 1.45. The van der Waals surface area contributed by atoms with Gasteiger partial charge < -0.3 is 20.7 Å². The fourth-order valence-electron chi connectivity index (χ4n) is 3.87. The minimum absolute atomic E-state index is 0.0555. The summed E-state index contributed by atoms with van der Waals surface area (Å²) < 4.78 is 36.0. The van der Waals surface area contributed by atoms with Gasteiger partial charge in [-0.3, -0.25) is 10.0 Å². The fraction of sp³-hybridized carbons (Fsp3) is 0.238. The lowest BCUT2D eigenvalue weighted by Crippen LogP contribution is -2.51. The van der Waals surface area contributed by atoms with Crippen LogP contribution in [0.3, 0.4) is 0 Å². The Morgan fingerprint density at radius 2 is 1.86 bits per heavy atom. The molecule has 0 aliphatic carbocycles. The quantitative estimate of drug-likeness (QED) is 0.181. The average Bonchev–Trinajstić information content (AvgIpc) is 3.37. The maximum atomic E-state index is 14.0. The third kappa shape index (κ3) is 4.21. The van der Waals surface area contributed by atoms with Gasteiger partial charge in [0.1, 0.15) is 5.84 Å². The van der Waals surface area contributed by atoms with Gasteiger partial charge in [-0.2, -0.15) is 0 Å². The number of fused-ring (bicyclic) bond motifs is 1. The fourth-order valence-corrected chi connectivity index (χ4v) is 6.12. The first-order chi connectivity index (χ1) is 17.3. The van der Waals surface area contributed by atoms with Crippen molar-refractivity contribution in [2.24, 2.45) is 4.99 Å². The van der Waals surface area contributed by atoms with Gasteiger partial charge in [0.05, 0.1) is 29.3 Å². The molecule has 1 aromatic carbocycles. The zero-order valence-corrected chi connectivity index (χ0v) is 20.3. The third-order valence-corrected chi connectivity index (χ3v) is 8.25. The number of benzene rings is 1. The number of anilines is 3. The van der Waals surface area contributed by atoms with Crippen LogP contribution < -0.4 is 21.3 Å². The molecule has 1 amide bonds. The molecule has 1 atom stereocenters. The molecular formula is C21H22N8O5S2. The summed E-state index contributed by atoms with van der Waals surface area (Å²) in [6, 6.07) is 8.18. The number of carbonyl (C=O) groups excluding carboxylic acids is 1. The zero-order valence-electron chi connectivity index (χ0n) is 18.7. The highest BCUT2D eigenvalue weighted by atomic mass is 32.2. The molecule has 15 heteroatoms. The minimum Gasteiger partial charge on any atom is -0.399 e. The van der Waals surface area contributed by atoms with Crippen LogP contribution in [0.15, 0.2) is 53.1 Å². The van der Waals surface area contributed by atoms with Gasteiger partial charge in [-0.1, -0.05) is 12.1 Å². The Morgan fingerprint density at radius 1 is 1.17 bits per heavy atom. The number of amides is 1. The molecule has 1 unspecified atom stereocenters. The number of rotatable bonds is 5. The number of nitrogens with one attached hydrogen (secondary N) is 3. The molecule has 5 rings (SSSR count). The number of thiophene rings is 1. The van der Waals surface area contributed by atoms with Crippen molar-refractivity contribution < 1.29 is 23.2 Å². The van der Waals surface area contributed by atoms with E-state index in [0.29, 0.717) is 49.1 Å². The van der Waals surface area contributed by atoms with Crippen LogP contribution >= 0.6 is 11.3 Å². The van der Waals surface area contributed by atoms with E-state index in [2.05, 4.69) is 20.0 Å². The largest absolute Gasteiger partial charge is 0.399 e. The van der Waals surface area contributed by atoms with Crippen molar-refractivity contribution in [1.82, 2.24) is 20.3 Å². The number of nitrogen functional groups attached to an aromatic ring is 1. The zero-order chi connectivity index (χ0) is 25.3. The van der Waals surface area contributed by atoms with Crippen molar-refractivity contribution in [1.29, 1.82) is 0 Å². The summed E-state index contributed by atoms with van der Waals surface area (Å²) in [6.45, 7) is 2.10. The van der Waals surface area contributed by atoms with Crippen molar-refractivity contribution in [3.8, 4) is 0 Å². The van der Waals surface area contributed by atoms with Crippen LogP contribution in [-0.2, 0) is 19.8 Å². The SMILES string of the molecule is Nc1ccc(C2(S(=O)(=O)Nc3ncc(C(=O)NO)cn3)N=C(N3CCOCC3)c3sccc3N2)cc1. The summed E-state index contributed by atoms with van der Waals surface area (Å²) in [5.41, 5.74) is 8.68. The first-order valence-corrected chi connectivity index (χ1v) is 13.1. The predicted molar refractivity (Wildman–Crippen MR) is 133 cm³/mol. The lowest BCUT2D eigenvalue weighted by molar-refractivity contribution is 0.0680. The third-order valence-electron chi connectivity index (χ3n) is 5.68. The summed E-state index contributed by atoms with van der Waals surface area (Å²) in [5, 5.41) is 13.8. The van der Waals surface area contributed by atoms with Crippen LogP contribution in [0.1, 0.15) is 20.8 Å². The number of sulfonamides is 1. The Balaban J connectivity index is 1.62. The maximum absolute atomic E-state index is 14.0. The van der Waals surface area contributed by atoms with E-state index in [4.69, 9.17) is 20.7 Å². The highest BCUT2D eigenvalue weighted by Gasteiger charge is 2.50. The molecule has 0 spiro atoms. The van der Waals surface area contributed by atoms with E-state index in [-0.39, 0.29) is 11.5 Å². The summed E-state index contributed by atoms with van der Waals surface area (Å²) in [4.78, 5) is 25.0. The Labute approximate surface area is 210 Å². The highest BCUT2D eigenvalue weighted by Crippen LogP contribution is 2.42. The number of aromatic nitrogens is 2. The Bertz CT molecular complexity index is 1400. The van der Waals surface area contributed by atoms with E-state index in [1.54, 1.807) is 30.3 Å². The first kappa shape index (κ1) is 23.9. The molecule has 3 aromatic rings. The number of morpholine rings is 1. The van der Waals surface area contributed by atoms with Crippen LogP contribution in [0, 0.1) is 0 Å². The van der Waals surface area contributed by atoms with E-state index in [1.165, 1.54) is 16.8 Å². The smallest absolute Gasteiger partial charge is 0.285 e. The van der Waals surface area contributed by atoms with Gasteiger partial charge in [0, 0.05) is 36.7 Å². The normalized spacial score (nSPS) is 19.6. The molecular weight excluding hydrogens is 508 g/mol. The van der Waals surface area contributed by atoms with Gasteiger partial charge in [-0.05, 0) is 23.6 Å². The van der Waals surface area contributed by atoms with E-state index in [9.17, 15) is 13.2 Å². The lowest BCUT2D eigenvalue weighted by Gasteiger charge is -2.39. The molecule has 4 heterocycles. The molecule has 0 radical (unpaired) electrons. The number of nitrogens with two attached hydrogens (primary N) is 1. The average molecular weight is 531 g/mol. The summed E-state index contributed by atoms with van der Waals surface area (Å²) in [7, 11) is -4.41. The summed E-state index contributed by atoms with van der Waals surface area (Å²) in [6.07, 6.45) is 2.17. The number of aliphatic imine (C=N–C) groups is 1. The van der Waals surface area contributed by atoms with Gasteiger partial charge in [-0.25, -0.2) is 33.6 Å². The number of hydrogen-bond donors (Lipinski definition) is 5. The first-order valence-electron chi connectivity index (χ1n) is 10.8. The van der Waals surface area contributed by atoms with Gasteiger partial charge in [0.2, 0.25) is 5.95 Å². The molecule has 13 nitrogen and oxygen atoms in total. The number of hydroxylamine groups is 1. The minimum atomic E-state index is -4.41. The molecule has 2 aliphatic rings. The van der Waals surface area contributed by atoms with Gasteiger partial charge in [0.15, 0.2) is 0 Å².